The number of nitrogens with zero attached hydrogens (tertiary/aromatic N) is 2. The third kappa shape index (κ3) is 5.12. The molecule has 1 saturated heterocycles. The number of amides is 1. The molecule has 1 atom stereocenters. The molecule has 1 amide bonds. The highest BCUT2D eigenvalue weighted by Crippen LogP contribution is 2.44. The Hall–Kier alpha value is -4.18. The number of aryl methyl sites for hydroxylation is 1. The molecule has 2 heterocycles. The number of aromatic nitrogens is 1. The molecule has 9 nitrogen and oxygen atoms in total. The number of hydrogen-bond acceptors (Lipinski definition) is 9. The minimum atomic E-state index is -1.02. The fourth-order valence-corrected chi connectivity index (χ4v) is 5.16. The maximum absolute atomic E-state index is 13.4. The van der Waals surface area contributed by atoms with Crippen LogP contribution in [0.25, 0.3) is 5.76 Å². The molecule has 1 aliphatic heterocycles. The van der Waals surface area contributed by atoms with Crippen LogP contribution in [-0.2, 0) is 14.3 Å². The summed E-state index contributed by atoms with van der Waals surface area (Å²) in [5.41, 5.74) is 1.10. The van der Waals surface area contributed by atoms with E-state index in [4.69, 9.17) is 14.2 Å². The second-order valence-electron chi connectivity index (χ2n) is 8.58. The summed E-state index contributed by atoms with van der Waals surface area (Å²) in [6.45, 7) is 4.19. The van der Waals surface area contributed by atoms with E-state index in [1.165, 1.54) is 19.1 Å². The lowest BCUT2D eigenvalue weighted by atomic mass is 9.95. The summed E-state index contributed by atoms with van der Waals surface area (Å²) in [6.07, 6.45) is 1.84. The quantitative estimate of drug-likeness (QED) is 0.133. The smallest absolute Gasteiger partial charge is 0.350 e. The zero-order valence-electron chi connectivity index (χ0n) is 21.5. The van der Waals surface area contributed by atoms with Crippen molar-refractivity contribution < 1.29 is 33.7 Å². The molecule has 10 heteroatoms. The van der Waals surface area contributed by atoms with Crippen LogP contribution in [0.15, 0.2) is 54.1 Å². The van der Waals surface area contributed by atoms with E-state index in [9.17, 15) is 19.5 Å². The molecule has 198 valence electrons. The van der Waals surface area contributed by atoms with Gasteiger partial charge in [0.2, 0.25) is 0 Å². The number of aliphatic hydroxyl groups excluding tert-OH is 1. The summed E-state index contributed by atoms with van der Waals surface area (Å²) in [6, 6.07) is 12.6. The summed E-state index contributed by atoms with van der Waals surface area (Å²) in [5.74, 6) is -1.65. The van der Waals surface area contributed by atoms with Crippen molar-refractivity contribution >= 4 is 39.9 Å². The van der Waals surface area contributed by atoms with Gasteiger partial charge in [-0.25, -0.2) is 9.78 Å². The predicted molar refractivity (Wildman–Crippen MR) is 143 cm³/mol. The highest BCUT2D eigenvalue weighted by molar-refractivity contribution is 7.17. The first-order chi connectivity index (χ1) is 18.3. The number of esters is 1. The van der Waals surface area contributed by atoms with E-state index in [-0.39, 0.29) is 21.3 Å². The number of anilines is 1. The van der Waals surface area contributed by atoms with Crippen molar-refractivity contribution in [2.45, 2.75) is 32.7 Å². The maximum atomic E-state index is 13.4. The third-order valence-corrected chi connectivity index (χ3v) is 7.23. The number of thiazole rings is 1. The van der Waals surface area contributed by atoms with Crippen molar-refractivity contribution in [1.82, 2.24) is 4.98 Å². The molecule has 1 aliphatic rings. The van der Waals surface area contributed by atoms with Gasteiger partial charge in [-0.05, 0) is 43.2 Å². The number of carbonyl (C=O) groups is 3. The van der Waals surface area contributed by atoms with Gasteiger partial charge in [0.15, 0.2) is 5.13 Å². The molecular weight excluding hydrogens is 508 g/mol. The van der Waals surface area contributed by atoms with Crippen LogP contribution in [0.3, 0.4) is 0 Å². The normalized spacial score (nSPS) is 16.5. The highest BCUT2D eigenvalue weighted by atomic mass is 32.1. The minimum absolute atomic E-state index is 0.110. The van der Waals surface area contributed by atoms with Gasteiger partial charge in [0, 0.05) is 5.56 Å². The summed E-state index contributed by atoms with van der Waals surface area (Å²) >= 11 is 0.939. The number of rotatable bonds is 9. The standard InChI is InChI=1S/C28H28N2O7S/c1-5-6-13-37-20-12-8-10-18(15-20)23(31)21-22(17-9-7-11-19(14-17)35-3)30(26(33)24(21)32)28-29-16(2)25(38-28)27(34)36-4/h7-12,14-15,22,31H,5-6,13H2,1-4H3. The first-order valence-corrected chi connectivity index (χ1v) is 12.9. The highest BCUT2D eigenvalue weighted by Gasteiger charge is 2.48. The average Bonchev–Trinajstić information content (AvgIpc) is 3.44. The number of ketones is 1. The fourth-order valence-electron chi connectivity index (χ4n) is 4.15. The van der Waals surface area contributed by atoms with Gasteiger partial charge in [-0.15, -0.1) is 0 Å². The van der Waals surface area contributed by atoms with Crippen molar-refractivity contribution in [2.75, 3.05) is 25.7 Å². The van der Waals surface area contributed by atoms with Gasteiger partial charge in [0.05, 0.1) is 38.1 Å². The molecule has 1 fully saturated rings. The fraction of sp³-hybridized carbons (Fsp3) is 0.286. The van der Waals surface area contributed by atoms with E-state index < -0.39 is 23.7 Å². The van der Waals surface area contributed by atoms with Crippen LogP contribution in [0.1, 0.15) is 52.3 Å². The molecule has 0 aliphatic carbocycles. The van der Waals surface area contributed by atoms with Gasteiger partial charge >= 0.3 is 11.9 Å². The molecule has 1 N–H and O–H groups in total. The second kappa shape index (κ2) is 11.5. The lowest BCUT2D eigenvalue weighted by Crippen LogP contribution is -2.29. The zero-order valence-corrected chi connectivity index (χ0v) is 22.3. The van der Waals surface area contributed by atoms with Crippen LogP contribution in [0.5, 0.6) is 11.5 Å². The molecule has 0 radical (unpaired) electrons. The Labute approximate surface area is 224 Å². The SMILES string of the molecule is CCCCOc1cccc(C(O)=C2C(=O)C(=O)N(c3nc(C)c(C(=O)OC)s3)C2c2cccc(OC)c2)c1. The number of unbranched alkanes of at least 4 members (excludes halogenated alkanes) is 1. The van der Waals surface area contributed by atoms with Crippen LogP contribution in [0.2, 0.25) is 0 Å². The summed E-state index contributed by atoms with van der Waals surface area (Å²) < 4.78 is 16.0. The Morgan fingerprint density at radius 3 is 2.55 bits per heavy atom. The topological polar surface area (TPSA) is 115 Å². The predicted octanol–water partition coefficient (Wildman–Crippen LogP) is 5.05. The largest absolute Gasteiger partial charge is 0.507 e. The first kappa shape index (κ1) is 26.9. The average molecular weight is 537 g/mol. The van der Waals surface area contributed by atoms with Crippen molar-refractivity contribution in [3.63, 3.8) is 0 Å². The molecule has 0 saturated carbocycles. The van der Waals surface area contributed by atoms with Gasteiger partial charge in [-0.1, -0.05) is 48.9 Å². The van der Waals surface area contributed by atoms with E-state index in [0.29, 0.717) is 34.9 Å². The van der Waals surface area contributed by atoms with Crippen LogP contribution >= 0.6 is 11.3 Å². The van der Waals surface area contributed by atoms with E-state index in [1.807, 2.05) is 0 Å². The lowest BCUT2D eigenvalue weighted by molar-refractivity contribution is -0.132. The molecule has 1 unspecified atom stereocenters. The van der Waals surface area contributed by atoms with Crippen molar-refractivity contribution in [3.8, 4) is 11.5 Å². The molecule has 2 aromatic carbocycles. The van der Waals surface area contributed by atoms with E-state index in [0.717, 1.165) is 24.2 Å². The van der Waals surface area contributed by atoms with Crippen LogP contribution in [-0.4, -0.2) is 48.6 Å². The summed E-state index contributed by atoms with van der Waals surface area (Å²) in [7, 11) is 2.76. The Morgan fingerprint density at radius 1 is 1.11 bits per heavy atom. The van der Waals surface area contributed by atoms with Gasteiger partial charge in [-0.2, -0.15) is 0 Å². The molecule has 4 rings (SSSR count). The minimum Gasteiger partial charge on any atom is -0.507 e. The molecule has 0 bridgehead atoms. The van der Waals surface area contributed by atoms with Gasteiger partial charge in [-0.3, -0.25) is 14.5 Å². The van der Waals surface area contributed by atoms with Crippen LogP contribution in [0.4, 0.5) is 5.13 Å². The lowest BCUT2D eigenvalue weighted by Gasteiger charge is -2.23. The zero-order chi connectivity index (χ0) is 27.4. The molecule has 0 spiro atoms. The number of benzene rings is 2. The Morgan fingerprint density at radius 2 is 1.84 bits per heavy atom. The maximum Gasteiger partial charge on any atom is 0.350 e. The monoisotopic (exact) mass is 536 g/mol. The Bertz CT molecular complexity index is 1410. The van der Waals surface area contributed by atoms with Crippen molar-refractivity contribution in [1.29, 1.82) is 0 Å². The Balaban J connectivity index is 1.88. The first-order valence-electron chi connectivity index (χ1n) is 12.0. The van der Waals surface area contributed by atoms with Crippen LogP contribution in [0, 0.1) is 6.92 Å². The molecule has 3 aromatic rings. The molecule has 1 aromatic heterocycles. The van der Waals surface area contributed by atoms with E-state index >= 15 is 0 Å². The van der Waals surface area contributed by atoms with Gasteiger partial charge in [0.25, 0.3) is 5.78 Å². The Kier molecular flexibility index (Phi) is 8.11. The second-order valence-corrected chi connectivity index (χ2v) is 9.56. The van der Waals surface area contributed by atoms with Gasteiger partial charge in [0.1, 0.15) is 22.1 Å². The number of aliphatic hydroxyl groups is 1. The van der Waals surface area contributed by atoms with Gasteiger partial charge < -0.3 is 19.3 Å². The molecule has 38 heavy (non-hydrogen) atoms. The number of methoxy groups -OCH3 is 2. The summed E-state index contributed by atoms with van der Waals surface area (Å²) in [4.78, 5) is 44.9. The van der Waals surface area contributed by atoms with E-state index in [2.05, 4.69) is 11.9 Å². The number of carbonyl (C=O) groups excluding carboxylic acids is 3. The number of Topliss-reactive ketones (excluding diaryl/α,β-unsaturated/α-hetero) is 1. The van der Waals surface area contributed by atoms with Crippen molar-refractivity contribution in [3.05, 3.63) is 75.8 Å². The van der Waals surface area contributed by atoms with E-state index in [1.54, 1.807) is 55.5 Å². The number of hydrogen-bond donors (Lipinski definition) is 1. The summed E-state index contributed by atoms with van der Waals surface area (Å²) in [5, 5.41) is 11.5. The van der Waals surface area contributed by atoms with Crippen LogP contribution < -0.4 is 14.4 Å². The number of ether oxygens (including phenoxy) is 3. The van der Waals surface area contributed by atoms with Crippen molar-refractivity contribution in [2.24, 2.45) is 0 Å². The third-order valence-electron chi connectivity index (χ3n) is 6.09. The molecular formula is C28H28N2O7S.